The summed E-state index contributed by atoms with van der Waals surface area (Å²) in [4.78, 5) is 23.1. The summed E-state index contributed by atoms with van der Waals surface area (Å²) in [5, 5.41) is 4.37. The molecule has 3 N–H and O–H groups in total. The van der Waals surface area contributed by atoms with Crippen LogP contribution in [0.5, 0.6) is 5.75 Å². The maximum absolute atomic E-state index is 11.3. The van der Waals surface area contributed by atoms with E-state index in [1.807, 2.05) is 38.1 Å². The van der Waals surface area contributed by atoms with Crippen molar-refractivity contribution in [1.29, 1.82) is 0 Å². The highest BCUT2D eigenvalue weighted by molar-refractivity contribution is 5.93. The third-order valence-corrected chi connectivity index (χ3v) is 5.01. The largest absolute Gasteiger partial charge is 0.492 e. The van der Waals surface area contributed by atoms with Crippen LogP contribution in [0.2, 0.25) is 0 Å². The molecular weight excluding hydrogens is 390 g/mol. The number of primary amides is 1. The molecule has 0 radical (unpaired) electrons. The van der Waals surface area contributed by atoms with E-state index in [4.69, 9.17) is 20.4 Å². The van der Waals surface area contributed by atoms with Gasteiger partial charge < -0.3 is 20.7 Å². The van der Waals surface area contributed by atoms with E-state index in [1.54, 1.807) is 24.3 Å². The van der Waals surface area contributed by atoms with Crippen LogP contribution in [0.4, 0.5) is 11.8 Å². The Balaban J connectivity index is 0.00000132. The van der Waals surface area contributed by atoms with Crippen molar-refractivity contribution in [3.05, 3.63) is 54.1 Å². The first-order chi connectivity index (χ1) is 15.2. The van der Waals surface area contributed by atoms with Crippen LogP contribution in [0.25, 0.3) is 10.9 Å². The molecule has 1 aromatic heterocycles. The predicted octanol–water partition coefficient (Wildman–Crippen LogP) is 4.24. The number of ether oxygens (including phenoxy) is 1. The number of benzene rings is 2. The summed E-state index contributed by atoms with van der Waals surface area (Å²) in [5.41, 5.74) is 6.68. The van der Waals surface area contributed by atoms with Gasteiger partial charge in [-0.3, -0.25) is 4.79 Å². The molecule has 0 atom stereocenters. The predicted molar refractivity (Wildman–Crippen MR) is 126 cm³/mol. The molecule has 7 nitrogen and oxygen atoms in total. The van der Waals surface area contributed by atoms with Crippen molar-refractivity contribution < 1.29 is 9.53 Å². The molecule has 7 heteroatoms. The van der Waals surface area contributed by atoms with Crippen LogP contribution in [0.1, 0.15) is 43.5 Å². The first kappa shape index (κ1) is 22.3. The summed E-state index contributed by atoms with van der Waals surface area (Å²) < 4.78 is 5.75. The molecule has 0 unspecified atom stereocenters. The van der Waals surface area contributed by atoms with Crippen LogP contribution in [0, 0.1) is 0 Å². The highest BCUT2D eigenvalue weighted by Gasteiger charge is 2.16. The van der Waals surface area contributed by atoms with Crippen molar-refractivity contribution in [3.8, 4) is 5.75 Å². The van der Waals surface area contributed by atoms with E-state index in [2.05, 4.69) is 10.2 Å². The van der Waals surface area contributed by atoms with Crippen LogP contribution in [-0.2, 0) is 0 Å². The number of aromatic nitrogens is 2. The summed E-state index contributed by atoms with van der Waals surface area (Å²) in [7, 11) is 0. The van der Waals surface area contributed by atoms with Gasteiger partial charge in [-0.25, -0.2) is 4.98 Å². The summed E-state index contributed by atoms with van der Waals surface area (Å²) in [5.74, 6) is 1.74. The number of hydrogen-bond donors (Lipinski definition) is 2. The van der Waals surface area contributed by atoms with Crippen LogP contribution >= 0.6 is 0 Å². The highest BCUT2D eigenvalue weighted by Crippen LogP contribution is 2.25. The number of anilines is 2. The minimum atomic E-state index is -0.466. The molecule has 164 valence electrons. The first-order valence-corrected chi connectivity index (χ1v) is 11.0. The Morgan fingerprint density at radius 3 is 2.61 bits per heavy atom. The van der Waals surface area contributed by atoms with Gasteiger partial charge in [0.15, 0.2) is 0 Å². The summed E-state index contributed by atoms with van der Waals surface area (Å²) in [6, 6.07) is 14.9. The topological polar surface area (TPSA) is 93.4 Å². The van der Waals surface area contributed by atoms with Crippen molar-refractivity contribution in [3.63, 3.8) is 0 Å². The van der Waals surface area contributed by atoms with E-state index in [0.717, 1.165) is 35.8 Å². The number of carbonyl (C=O) groups is 1. The Bertz CT molecular complexity index is 1000. The second-order valence-corrected chi connectivity index (χ2v) is 7.10. The average molecular weight is 422 g/mol. The van der Waals surface area contributed by atoms with E-state index in [1.165, 1.54) is 19.3 Å². The molecular formula is C24H31N5O2. The number of nitrogens with two attached hydrogens (primary N) is 1. The van der Waals surface area contributed by atoms with E-state index < -0.39 is 5.91 Å². The number of carbonyl (C=O) groups excluding carboxylic acids is 1. The summed E-state index contributed by atoms with van der Waals surface area (Å²) >= 11 is 0. The molecule has 4 rings (SSSR count). The Hall–Kier alpha value is -3.35. The zero-order valence-corrected chi connectivity index (χ0v) is 18.3. The van der Waals surface area contributed by atoms with E-state index in [9.17, 15) is 4.79 Å². The lowest BCUT2D eigenvalue weighted by Gasteiger charge is -2.27. The molecule has 1 aliphatic heterocycles. The van der Waals surface area contributed by atoms with Crippen molar-refractivity contribution in [2.75, 3.05) is 36.5 Å². The Labute approximate surface area is 183 Å². The van der Waals surface area contributed by atoms with E-state index >= 15 is 0 Å². The normalized spacial score (nSPS) is 13.3. The van der Waals surface area contributed by atoms with Gasteiger partial charge in [0.1, 0.15) is 18.2 Å². The Morgan fingerprint density at radius 1 is 1.06 bits per heavy atom. The van der Waals surface area contributed by atoms with Crippen molar-refractivity contribution in [2.24, 2.45) is 5.73 Å². The first-order valence-electron chi connectivity index (χ1n) is 11.0. The van der Waals surface area contributed by atoms with Gasteiger partial charge in [0.05, 0.1) is 12.1 Å². The Kier molecular flexibility index (Phi) is 8.04. The fourth-order valence-corrected chi connectivity index (χ4v) is 3.51. The third-order valence-electron chi connectivity index (χ3n) is 5.01. The zero-order chi connectivity index (χ0) is 22.1. The van der Waals surface area contributed by atoms with Crippen LogP contribution in [-0.4, -0.2) is 42.1 Å². The molecule has 2 heterocycles. The molecule has 0 aliphatic carbocycles. The van der Waals surface area contributed by atoms with Gasteiger partial charge in [0.2, 0.25) is 11.9 Å². The molecule has 31 heavy (non-hydrogen) atoms. The number of fused-ring (bicyclic) bond motifs is 1. The molecule has 2 aromatic carbocycles. The van der Waals surface area contributed by atoms with Crippen LogP contribution in [0.3, 0.4) is 0 Å². The van der Waals surface area contributed by atoms with Crippen LogP contribution in [0.15, 0.2) is 48.5 Å². The standard InChI is InChI=1S/C22H25N5O2.C2H6/c23-20(28)16-7-6-8-17(15-16)29-14-11-24-21-18-9-2-3-10-19(18)25-22(26-21)27-12-4-1-5-13-27;1-2/h2-3,6-10,15H,1,4-5,11-14H2,(H2,23,28)(H,24,25,26);1-2H3. The maximum atomic E-state index is 11.3. The second-order valence-electron chi connectivity index (χ2n) is 7.10. The molecule has 1 saturated heterocycles. The zero-order valence-electron chi connectivity index (χ0n) is 18.3. The molecule has 0 spiro atoms. The number of nitrogens with zero attached hydrogens (tertiary/aromatic N) is 3. The average Bonchev–Trinajstić information content (AvgIpc) is 2.83. The van der Waals surface area contributed by atoms with E-state index in [0.29, 0.717) is 24.5 Å². The lowest BCUT2D eigenvalue weighted by atomic mass is 10.1. The minimum Gasteiger partial charge on any atom is -0.492 e. The van der Waals surface area contributed by atoms with Gasteiger partial charge in [-0.1, -0.05) is 32.0 Å². The minimum absolute atomic E-state index is 0.430. The quantitative estimate of drug-likeness (QED) is 0.555. The lowest BCUT2D eigenvalue weighted by molar-refractivity contribution is 0.1000. The SMILES string of the molecule is CC.NC(=O)c1cccc(OCCNc2nc(N3CCCCC3)nc3ccccc23)c1. The molecule has 1 fully saturated rings. The molecule has 1 aliphatic rings. The number of rotatable bonds is 7. The lowest BCUT2D eigenvalue weighted by Crippen LogP contribution is -2.31. The number of amides is 1. The monoisotopic (exact) mass is 421 g/mol. The summed E-state index contributed by atoms with van der Waals surface area (Å²) in [6.45, 7) is 7.00. The van der Waals surface area contributed by atoms with E-state index in [-0.39, 0.29) is 0 Å². The van der Waals surface area contributed by atoms with Crippen molar-refractivity contribution >= 4 is 28.6 Å². The molecule has 0 saturated carbocycles. The molecule has 3 aromatic rings. The highest BCUT2D eigenvalue weighted by atomic mass is 16.5. The molecule has 0 bridgehead atoms. The third kappa shape index (κ3) is 5.84. The van der Waals surface area contributed by atoms with Gasteiger partial charge in [-0.2, -0.15) is 4.98 Å². The van der Waals surface area contributed by atoms with Crippen molar-refractivity contribution in [1.82, 2.24) is 9.97 Å². The molecule has 1 amide bonds. The number of nitrogens with one attached hydrogen (secondary N) is 1. The van der Waals surface area contributed by atoms with Gasteiger partial charge in [0.25, 0.3) is 0 Å². The smallest absolute Gasteiger partial charge is 0.248 e. The van der Waals surface area contributed by atoms with Gasteiger partial charge >= 0.3 is 0 Å². The Morgan fingerprint density at radius 2 is 1.84 bits per heavy atom. The fraction of sp³-hybridized carbons (Fsp3) is 0.375. The van der Waals surface area contributed by atoms with Crippen LogP contribution < -0.4 is 20.7 Å². The second kappa shape index (κ2) is 11.2. The number of piperidine rings is 1. The summed E-state index contributed by atoms with van der Waals surface area (Å²) in [6.07, 6.45) is 3.62. The van der Waals surface area contributed by atoms with Gasteiger partial charge in [-0.05, 0) is 49.6 Å². The number of hydrogen-bond acceptors (Lipinski definition) is 6. The van der Waals surface area contributed by atoms with Crippen molar-refractivity contribution in [2.45, 2.75) is 33.1 Å². The number of para-hydroxylation sites is 1. The van der Waals surface area contributed by atoms with Gasteiger partial charge in [-0.15, -0.1) is 0 Å². The fourth-order valence-electron chi connectivity index (χ4n) is 3.51. The maximum Gasteiger partial charge on any atom is 0.248 e. The van der Waals surface area contributed by atoms with Gasteiger partial charge in [0, 0.05) is 24.0 Å².